The summed E-state index contributed by atoms with van der Waals surface area (Å²) in [5.41, 5.74) is 0.0719. The summed E-state index contributed by atoms with van der Waals surface area (Å²) in [6.45, 7) is 0.396. The molecule has 1 N–H and O–H groups in total. The van der Waals surface area contributed by atoms with Crippen molar-refractivity contribution in [2.75, 3.05) is 18.6 Å². The van der Waals surface area contributed by atoms with Crippen molar-refractivity contribution in [3.8, 4) is 5.75 Å². The number of amides is 2. The maximum Gasteiger partial charge on any atom is 0.236 e. The molecule has 0 unspecified atom stereocenters. The van der Waals surface area contributed by atoms with Gasteiger partial charge < -0.3 is 14.8 Å². The standard InChI is InChI=1S/C22H23N3O4S/c1-28-13-6-7-16-14(10-13)24-21(30-16)25-11-22-9-8-15(29-22)17(18(22)20(25)27)19(26)23-12-4-2-3-5-12/h6-10,12,15,17-18H,2-5,11H2,1H3,(H,23,26)/t15-,17-,18-,22+/m0/s1. The van der Waals surface area contributed by atoms with E-state index >= 15 is 0 Å². The van der Waals surface area contributed by atoms with Gasteiger partial charge in [-0.25, -0.2) is 4.98 Å². The highest BCUT2D eigenvalue weighted by Crippen LogP contribution is 2.53. The van der Waals surface area contributed by atoms with Crippen molar-refractivity contribution in [3.05, 3.63) is 30.4 Å². The maximum absolute atomic E-state index is 13.5. The molecule has 6 rings (SSSR count). The number of ether oxygens (including phenoxy) is 2. The van der Waals surface area contributed by atoms with Crippen LogP contribution in [0.3, 0.4) is 0 Å². The topological polar surface area (TPSA) is 80.8 Å². The van der Waals surface area contributed by atoms with Crippen molar-refractivity contribution < 1.29 is 19.1 Å². The molecule has 1 aliphatic carbocycles. The van der Waals surface area contributed by atoms with Crippen LogP contribution in [-0.2, 0) is 14.3 Å². The minimum atomic E-state index is -0.727. The van der Waals surface area contributed by atoms with Gasteiger partial charge in [0.05, 0.1) is 41.8 Å². The van der Waals surface area contributed by atoms with Crippen molar-refractivity contribution in [2.24, 2.45) is 11.8 Å². The third-order valence-electron chi connectivity index (χ3n) is 6.92. The van der Waals surface area contributed by atoms with Gasteiger partial charge in [-0.2, -0.15) is 0 Å². The van der Waals surface area contributed by atoms with E-state index in [-0.39, 0.29) is 24.0 Å². The average molecular weight is 426 g/mol. The zero-order chi connectivity index (χ0) is 20.5. The zero-order valence-corrected chi connectivity index (χ0v) is 17.5. The molecular weight excluding hydrogens is 402 g/mol. The molecule has 30 heavy (non-hydrogen) atoms. The van der Waals surface area contributed by atoms with Crippen molar-refractivity contribution in [1.82, 2.24) is 10.3 Å². The SMILES string of the molecule is COc1ccc2sc(N3C[C@@]45C=C[C@H](O4)[C@H](C(=O)NC4CCCC4)[C@H]5C3=O)nc2c1. The number of carbonyl (C=O) groups is 2. The van der Waals surface area contributed by atoms with Crippen LogP contribution in [0, 0.1) is 11.8 Å². The molecule has 2 saturated heterocycles. The molecule has 4 heterocycles. The molecule has 1 aromatic heterocycles. The Morgan fingerprint density at radius 1 is 1.37 bits per heavy atom. The fraction of sp³-hybridized carbons (Fsp3) is 0.500. The lowest BCUT2D eigenvalue weighted by Gasteiger charge is -2.24. The predicted molar refractivity (Wildman–Crippen MR) is 113 cm³/mol. The largest absolute Gasteiger partial charge is 0.497 e. The van der Waals surface area contributed by atoms with E-state index in [1.807, 2.05) is 30.4 Å². The van der Waals surface area contributed by atoms with Gasteiger partial charge in [0.15, 0.2) is 5.13 Å². The number of methoxy groups -OCH3 is 1. The lowest BCUT2D eigenvalue weighted by Crippen LogP contribution is -2.46. The van der Waals surface area contributed by atoms with E-state index in [0.29, 0.717) is 11.7 Å². The molecule has 4 atom stereocenters. The number of nitrogens with one attached hydrogen (secondary N) is 1. The first-order valence-electron chi connectivity index (χ1n) is 10.5. The van der Waals surface area contributed by atoms with Crippen LogP contribution in [-0.4, -0.2) is 48.2 Å². The number of anilines is 1. The Balaban J connectivity index is 1.30. The van der Waals surface area contributed by atoms with E-state index in [2.05, 4.69) is 10.3 Å². The van der Waals surface area contributed by atoms with E-state index in [9.17, 15) is 9.59 Å². The second-order valence-corrected chi connectivity index (χ2v) is 9.65. The molecule has 8 heteroatoms. The van der Waals surface area contributed by atoms with E-state index in [0.717, 1.165) is 41.6 Å². The molecule has 2 aromatic rings. The molecular formula is C22H23N3O4S. The Kier molecular flexibility index (Phi) is 3.98. The van der Waals surface area contributed by atoms with Crippen molar-refractivity contribution >= 4 is 38.5 Å². The molecule has 1 spiro atoms. The predicted octanol–water partition coefficient (Wildman–Crippen LogP) is 2.65. The van der Waals surface area contributed by atoms with Gasteiger partial charge in [0.25, 0.3) is 0 Å². The summed E-state index contributed by atoms with van der Waals surface area (Å²) in [6.07, 6.45) is 7.96. The van der Waals surface area contributed by atoms with Crippen LogP contribution >= 0.6 is 11.3 Å². The third kappa shape index (κ3) is 2.56. The summed E-state index contributed by atoms with van der Waals surface area (Å²) in [5.74, 6) is -0.346. The second kappa shape index (κ2) is 6.52. The lowest BCUT2D eigenvalue weighted by atomic mass is 9.76. The minimum absolute atomic E-state index is 0.0487. The van der Waals surface area contributed by atoms with Gasteiger partial charge in [-0.3, -0.25) is 14.5 Å². The van der Waals surface area contributed by atoms with Gasteiger partial charge in [-0.05, 0) is 25.0 Å². The molecule has 0 radical (unpaired) electrons. The first-order chi connectivity index (χ1) is 14.6. The van der Waals surface area contributed by atoms with Crippen molar-refractivity contribution in [2.45, 2.75) is 43.4 Å². The number of aromatic nitrogens is 1. The van der Waals surface area contributed by atoms with Crippen LogP contribution in [0.25, 0.3) is 10.2 Å². The number of carbonyl (C=O) groups excluding carboxylic acids is 2. The van der Waals surface area contributed by atoms with Gasteiger partial charge in [0, 0.05) is 12.1 Å². The lowest BCUT2D eigenvalue weighted by molar-refractivity contribution is -0.132. The smallest absolute Gasteiger partial charge is 0.236 e. The van der Waals surface area contributed by atoms with Crippen molar-refractivity contribution in [3.63, 3.8) is 0 Å². The highest BCUT2D eigenvalue weighted by Gasteiger charge is 2.67. The molecule has 1 aromatic carbocycles. The molecule has 2 bridgehead atoms. The quantitative estimate of drug-likeness (QED) is 0.762. The van der Waals surface area contributed by atoms with Crippen LogP contribution < -0.4 is 15.0 Å². The van der Waals surface area contributed by atoms with E-state index < -0.39 is 17.4 Å². The first kappa shape index (κ1) is 18.3. The summed E-state index contributed by atoms with van der Waals surface area (Å²) >= 11 is 1.47. The number of thiazole rings is 1. The maximum atomic E-state index is 13.5. The van der Waals surface area contributed by atoms with Gasteiger partial charge in [-0.1, -0.05) is 36.3 Å². The summed E-state index contributed by atoms with van der Waals surface area (Å²) in [4.78, 5) is 33.0. The average Bonchev–Trinajstić information content (AvgIpc) is 3.54. The summed E-state index contributed by atoms with van der Waals surface area (Å²) in [7, 11) is 1.62. The summed E-state index contributed by atoms with van der Waals surface area (Å²) < 4.78 is 12.5. The number of nitrogens with zero attached hydrogens (tertiary/aromatic N) is 2. The molecule has 2 amide bonds. The van der Waals surface area contributed by atoms with Gasteiger partial charge >= 0.3 is 0 Å². The Hall–Kier alpha value is -2.45. The summed E-state index contributed by atoms with van der Waals surface area (Å²) in [5, 5.41) is 3.81. The number of hydrogen-bond donors (Lipinski definition) is 1. The van der Waals surface area contributed by atoms with Crippen LogP contribution in [0.4, 0.5) is 5.13 Å². The molecule has 3 aliphatic heterocycles. The van der Waals surface area contributed by atoms with E-state index in [4.69, 9.17) is 9.47 Å². The first-order valence-corrected chi connectivity index (χ1v) is 11.3. The zero-order valence-electron chi connectivity index (χ0n) is 16.7. The number of rotatable bonds is 4. The van der Waals surface area contributed by atoms with Crippen molar-refractivity contribution in [1.29, 1.82) is 0 Å². The molecule has 7 nitrogen and oxygen atoms in total. The fourth-order valence-corrected chi connectivity index (χ4v) is 6.42. The number of hydrogen-bond acceptors (Lipinski definition) is 6. The number of fused-ring (bicyclic) bond motifs is 2. The molecule has 3 fully saturated rings. The summed E-state index contributed by atoms with van der Waals surface area (Å²) in [6, 6.07) is 5.94. The highest BCUT2D eigenvalue weighted by molar-refractivity contribution is 7.22. The molecule has 4 aliphatic rings. The highest BCUT2D eigenvalue weighted by atomic mass is 32.1. The van der Waals surface area contributed by atoms with Gasteiger partial charge in [-0.15, -0.1) is 0 Å². The van der Waals surface area contributed by atoms with Crippen LogP contribution in [0.15, 0.2) is 30.4 Å². The van der Waals surface area contributed by atoms with E-state index in [1.165, 1.54) is 11.3 Å². The monoisotopic (exact) mass is 425 g/mol. The normalized spacial score (nSPS) is 32.4. The Labute approximate surface area is 178 Å². The van der Waals surface area contributed by atoms with Gasteiger partial charge in [0.1, 0.15) is 11.4 Å². The molecule has 1 saturated carbocycles. The Morgan fingerprint density at radius 3 is 3.00 bits per heavy atom. The molecule has 156 valence electrons. The van der Waals surface area contributed by atoms with Crippen LogP contribution in [0.1, 0.15) is 25.7 Å². The van der Waals surface area contributed by atoms with Crippen LogP contribution in [0.5, 0.6) is 5.75 Å². The number of benzene rings is 1. The Morgan fingerprint density at radius 2 is 2.20 bits per heavy atom. The third-order valence-corrected chi connectivity index (χ3v) is 7.98. The Bertz CT molecular complexity index is 1080. The van der Waals surface area contributed by atoms with Crippen LogP contribution in [0.2, 0.25) is 0 Å². The van der Waals surface area contributed by atoms with Gasteiger partial charge in [0.2, 0.25) is 11.8 Å². The van der Waals surface area contributed by atoms with E-state index in [1.54, 1.807) is 12.0 Å². The minimum Gasteiger partial charge on any atom is -0.497 e. The fourth-order valence-electron chi connectivity index (χ4n) is 5.46. The second-order valence-electron chi connectivity index (χ2n) is 8.64.